The van der Waals surface area contributed by atoms with Crippen LogP contribution in [0.2, 0.25) is 0 Å². The Labute approximate surface area is 201 Å². The molecule has 3 rings (SSSR count). The third kappa shape index (κ3) is 8.19. The third-order valence-electron chi connectivity index (χ3n) is 4.88. The number of anilines is 1. The topological polar surface area (TPSA) is 72.5 Å². The van der Waals surface area contributed by atoms with Gasteiger partial charge in [-0.05, 0) is 59.7 Å². The van der Waals surface area contributed by atoms with Gasteiger partial charge in [0, 0.05) is 17.7 Å². The summed E-state index contributed by atoms with van der Waals surface area (Å²) in [6.07, 6.45) is -4.28. The van der Waals surface area contributed by atoms with Gasteiger partial charge in [0.05, 0.1) is 17.1 Å². The highest BCUT2D eigenvalue weighted by Crippen LogP contribution is 2.22. The molecule has 0 fully saturated rings. The summed E-state index contributed by atoms with van der Waals surface area (Å²) in [6.45, 7) is 1.58. The number of nitrogens with one attached hydrogen (secondary N) is 1. The standard InChI is InChI=1S/C26H22F3NO4S/c1-2-35(32,33)24-16-10-21(11-17-24)18-25(31)30-22-12-6-19(7-13-22)4-3-5-20-8-14-23(15-9-20)34-26(27,28)29/h6-17H,2,5,18H2,1H3,(H,30,31). The number of hydrogen-bond donors (Lipinski definition) is 1. The fourth-order valence-corrected chi connectivity index (χ4v) is 3.95. The van der Waals surface area contributed by atoms with Crippen LogP contribution in [0.5, 0.6) is 5.75 Å². The molecule has 35 heavy (non-hydrogen) atoms. The molecule has 1 amide bonds. The normalized spacial score (nSPS) is 11.3. The second kappa shape index (κ2) is 11.1. The molecule has 0 radical (unpaired) electrons. The van der Waals surface area contributed by atoms with Crippen molar-refractivity contribution < 1.29 is 31.1 Å². The number of carbonyl (C=O) groups excluding carboxylic acids is 1. The SMILES string of the molecule is CCS(=O)(=O)c1ccc(CC(=O)Nc2ccc(C#CCc3ccc(OC(F)(F)F)cc3)cc2)cc1. The van der Waals surface area contributed by atoms with Gasteiger partial charge in [-0.2, -0.15) is 0 Å². The molecule has 182 valence electrons. The van der Waals surface area contributed by atoms with E-state index in [9.17, 15) is 26.4 Å². The Morgan fingerprint density at radius 1 is 0.914 bits per heavy atom. The lowest BCUT2D eigenvalue weighted by atomic mass is 10.1. The smallest absolute Gasteiger partial charge is 0.406 e. The molecule has 0 aromatic heterocycles. The van der Waals surface area contributed by atoms with Gasteiger partial charge in [0.2, 0.25) is 5.91 Å². The minimum Gasteiger partial charge on any atom is -0.406 e. The Balaban J connectivity index is 1.51. The molecule has 9 heteroatoms. The summed E-state index contributed by atoms with van der Waals surface area (Å²) in [4.78, 5) is 12.5. The van der Waals surface area contributed by atoms with Crippen LogP contribution in [0.1, 0.15) is 23.6 Å². The van der Waals surface area contributed by atoms with E-state index in [1.165, 1.54) is 36.4 Å². The molecule has 0 spiro atoms. The van der Waals surface area contributed by atoms with E-state index in [1.54, 1.807) is 43.3 Å². The Kier molecular flexibility index (Phi) is 8.20. The number of ether oxygens (including phenoxy) is 1. The second-order valence-corrected chi connectivity index (χ2v) is 9.80. The number of alkyl halides is 3. The van der Waals surface area contributed by atoms with Gasteiger partial charge in [0.25, 0.3) is 0 Å². The lowest BCUT2D eigenvalue weighted by Gasteiger charge is -2.08. The summed E-state index contributed by atoms with van der Waals surface area (Å²) in [5.41, 5.74) is 2.74. The first-order chi connectivity index (χ1) is 16.5. The molecule has 0 saturated heterocycles. The van der Waals surface area contributed by atoms with Crippen molar-refractivity contribution in [2.45, 2.75) is 31.0 Å². The molecule has 0 heterocycles. The fourth-order valence-electron chi connectivity index (χ4n) is 3.07. The van der Waals surface area contributed by atoms with E-state index in [2.05, 4.69) is 21.9 Å². The predicted octanol–water partition coefficient (Wildman–Crippen LogP) is 5.15. The molecule has 0 bridgehead atoms. The van der Waals surface area contributed by atoms with Crippen molar-refractivity contribution in [1.29, 1.82) is 0 Å². The van der Waals surface area contributed by atoms with Crippen LogP contribution in [-0.4, -0.2) is 26.4 Å². The Morgan fingerprint density at radius 2 is 1.51 bits per heavy atom. The van der Waals surface area contributed by atoms with Crippen LogP contribution >= 0.6 is 0 Å². The van der Waals surface area contributed by atoms with E-state index in [1.807, 2.05) is 0 Å². The molecule has 3 aromatic carbocycles. The number of sulfone groups is 1. The van der Waals surface area contributed by atoms with Crippen molar-refractivity contribution in [3.63, 3.8) is 0 Å². The van der Waals surface area contributed by atoms with Crippen molar-refractivity contribution in [3.05, 3.63) is 89.5 Å². The highest BCUT2D eigenvalue weighted by molar-refractivity contribution is 7.91. The first kappa shape index (κ1) is 25.8. The maximum atomic E-state index is 12.3. The van der Waals surface area contributed by atoms with Crippen LogP contribution in [0, 0.1) is 11.8 Å². The molecule has 5 nitrogen and oxygen atoms in total. The zero-order valence-corrected chi connectivity index (χ0v) is 19.5. The van der Waals surface area contributed by atoms with Gasteiger partial charge in [0.1, 0.15) is 5.75 Å². The number of amides is 1. The molecule has 0 aliphatic carbocycles. The van der Waals surface area contributed by atoms with Gasteiger partial charge in [-0.3, -0.25) is 4.79 Å². The van der Waals surface area contributed by atoms with Crippen molar-refractivity contribution in [3.8, 4) is 17.6 Å². The Morgan fingerprint density at radius 3 is 2.09 bits per heavy atom. The van der Waals surface area contributed by atoms with E-state index in [4.69, 9.17) is 0 Å². The van der Waals surface area contributed by atoms with Gasteiger partial charge >= 0.3 is 6.36 Å². The van der Waals surface area contributed by atoms with Gasteiger partial charge in [0.15, 0.2) is 9.84 Å². The summed E-state index contributed by atoms with van der Waals surface area (Å²) < 4.78 is 64.2. The average molecular weight is 502 g/mol. The van der Waals surface area contributed by atoms with E-state index in [-0.39, 0.29) is 28.7 Å². The second-order valence-electron chi connectivity index (χ2n) is 7.52. The van der Waals surface area contributed by atoms with Crippen LogP contribution in [0.15, 0.2) is 77.7 Å². The van der Waals surface area contributed by atoms with Crippen LogP contribution in [0.3, 0.4) is 0 Å². The van der Waals surface area contributed by atoms with Crippen molar-refractivity contribution in [1.82, 2.24) is 0 Å². The lowest BCUT2D eigenvalue weighted by Crippen LogP contribution is -2.16. The van der Waals surface area contributed by atoms with E-state index < -0.39 is 16.2 Å². The number of benzene rings is 3. The van der Waals surface area contributed by atoms with Crippen molar-refractivity contribution in [2.24, 2.45) is 0 Å². The molecule has 0 aliphatic heterocycles. The largest absolute Gasteiger partial charge is 0.573 e. The van der Waals surface area contributed by atoms with Crippen LogP contribution in [-0.2, 0) is 27.5 Å². The highest BCUT2D eigenvalue weighted by atomic mass is 32.2. The maximum absolute atomic E-state index is 12.3. The maximum Gasteiger partial charge on any atom is 0.573 e. The number of carbonyl (C=O) groups is 1. The minimum atomic E-state index is -4.72. The van der Waals surface area contributed by atoms with E-state index in [0.717, 1.165) is 5.56 Å². The van der Waals surface area contributed by atoms with Crippen LogP contribution in [0.25, 0.3) is 0 Å². The molecule has 0 atom stereocenters. The molecular weight excluding hydrogens is 479 g/mol. The fraction of sp³-hybridized carbons (Fsp3) is 0.192. The van der Waals surface area contributed by atoms with E-state index >= 15 is 0 Å². The van der Waals surface area contributed by atoms with Gasteiger partial charge in [-0.15, -0.1) is 13.2 Å². The number of hydrogen-bond acceptors (Lipinski definition) is 4. The predicted molar refractivity (Wildman–Crippen MR) is 127 cm³/mol. The lowest BCUT2D eigenvalue weighted by molar-refractivity contribution is -0.274. The molecule has 0 unspecified atom stereocenters. The Bertz CT molecular complexity index is 1320. The summed E-state index contributed by atoms with van der Waals surface area (Å²) >= 11 is 0. The van der Waals surface area contributed by atoms with Gasteiger partial charge in [-0.25, -0.2) is 8.42 Å². The average Bonchev–Trinajstić information content (AvgIpc) is 2.81. The van der Waals surface area contributed by atoms with E-state index in [0.29, 0.717) is 23.2 Å². The zero-order chi connectivity index (χ0) is 25.5. The van der Waals surface area contributed by atoms with Crippen molar-refractivity contribution >= 4 is 21.4 Å². The van der Waals surface area contributed by atoms with Crippen molar-refractivity contribution in [2.75, 3.05) is 11.1 Å². The summed E-state index contributed by atoms with van der Waals surface area (Å²) in [7, 11) is -3.28. The molecule has 1 N–H and O–H groups in total. The van der Waals surface area contributed by atoms with Crippen LogP contribution in [0.4, 0.5) is 18.9 Å². The number of rotatable bonds is 7. The molecule has 0 aliphatic rings. The zero-order valence-electron chi connectivity index (χ0n) is 18.7. The summed E-state index contributed by atoms with van der Waals surface area (Å²) in [5, 5.41) is 2.78. The molecular formula is C26H22F3NO4S. The summed E-state index contributed by atoms with van der Waals surface area (Å²) in [6, 6.07) is 18.7. The first-order valence-corrected chi connectivity index (χ1v) is 12.2. The number of halogens is 3. The van der Waals surface area contributed by atoms with Gasteiger partial charge < -0.3 is 10.1 Å². The third-order valence-corrected chi connectivity index (χ3v) is 6.63. The monoisotopic (exact) mass is 501 g/mol. The quantitative estimate of drug-likeness (QED) is 0.455. The Hall–Kier alpha value is -3.77. The first-order valence-electron chi connectivity index (χ1n) is 10.6. The molecule has 0 saturated carbocycles. The summed E-state index contributed by atoms with van der Waals surface area (Å²) in [5.74, 6) is 5.41. The van der Waals surface area contributed by atoms with Crippen LogP contribution < -0.4 is 10.1 Å². The molecule has 3 aromatic rings. The highest BCUT2D eigenvalue weighted by Gasteiger charge is 2.30. The minimum absolute atomic E-state index is 0.0150. The van der Waals surface area contributed by atoms with Gasteiger partial charge in [-0.1, -0.05) is 43.0 Å².